The minimum atomic E-state index is -0.534. The molecule has 0 saturated heterocycles. The molecule has 330 valence electrons. The fourth-order valence-corrected chi connectivity index (χ4v) is 7.21. The predicted molar refractivity (Wildman–Crippen MR) is 242 cm³/mol. The minimum absolute atomic E-state index is 0.0841. The van der Waals surface area contributed by atoms with Crippen LogP contribution in [0.15, 0.2) is 24.3 Å². The van der Waals surface area contributed by atoms with Crippen molar-refractivity contribution in [2.45, 2.75) is 271 Å². The number of esters is 2. The first kappa shape index (κ1) is 54.4. The van der Waals surface area contributed by atoms with Crippen molar-refractivity contribution >= 4 is 11.9 Å². The molecule has 0 aliphatic heterocycles. The summed E-state index contributed by atoms with van der Waals surface area (Å²) in [7, 11) is 0. The molecule has 1 unspecified atom stereocenters. The van der Waals surface area contributed by atoms with Crippen LogP contribution < -0.4 is 0 Å². The fraction of sp³-hybridized carbons (Fsp3) is 0.882. The Morgan fingerprint density at radius 1 is 0.375 bits per heavy atom. The summed E-state index contributed by atoms with van der Waals surface area (Å²) in [6, 6.07) is 0. The zero-order valence-corrected chi connectivity index (χ0v) is 37.9. The molecule has 0 heterocycles. The van der Waals surface area contributed by atoms with Crippen molar-refractivity contribution in [2.24, 2.45) is 0 Å². The summed E-state index contributed by atoms with van der Waals surface area (Å²) in [5.41, 5.74) is 0. The van der Waals surface area contributed by atoms with Gasteiger partial charge >= 0.3 is 11.9 Å². The van der Waals surface area contributed by atoms with Gasteiger partial charge in [-0.3, -0.25) is 9.59 Å². The van der Waals surface area contributed by atoms with Gasteiger partial charge in [-0.05, 0) is 70.6 Å². The monoisotopic (exact) mass is 789 g/mol. The van der Waals surface area contributed by atoms with E-state index < -0.39 is 6.10 Å². The lowest BCUT2D eigenvalue weighted by atomic mass is 10.1. The third-order valence-electron chi connectivity index (χ3n) is 11.0. The van der Waals surface area contributed by atoms with Crippen LogP contribution in [-0.4, -0.2) is 37.9 Å². The zero-order chi connectivity index (χ0) is 40.7. The highest BCUT2D eigenvalue weighted by Crippen LogP contribution is 2.14. The van der Waals surface area contributed by atoms with Crippen LogP contribution in [0.1, 0.15) is 265 Å². The van der Waals surface area contributed by atoms with Crippen LogP contribution in [0.3, 0.4) is 0 Å². The fourth-order valence-electron chi connectivity index (χ4n) is 7.21. The minimum Gasteiger partial charge on any atom is -0.462 e. The number of rotatable bonds is 46. The summed E-state index contributed by atoms with van der Waals surface area (Å²) < 4.78 is 17.3. The topological polar surface area (TPSA) is 61.8 Å². The van der Waals surface area contributed by atoms with E-state index >= 15 is 0 Å². The van der Waals surface area contributed by atoms with Gasteiger partial charge < -0.3 is 14.2 Å². The van der Waals surface area contributed by atoms with Gasteiger partial charge in [-0.25, -0.2) is 0 Å². The molecule has 0 saturated carbocycles. The first-order valence-electron chi connectivity index (χ1n) is 24.9. The van der Waals surface area contributed by atoms with Gasteiger partial charge in [-0.1, -0.05) is 206 Å². The van der Waals surface area contributed by atoms with Gasteiger partial charge in [0.15, 0.2) is 6.10 Å². The van der Waals surface area contributed by atoms with E-state index in [9.17, 15) is 9.59 Å². The van der Waals surface area contributed by atoms with Crippen molar-refractivity contribution in [1.82, 2.24) is 0 Å². The molecule has 0 aromatic heterocycles. The highest BCUT2D eigenvalue weighted by Gasteiger charge is 2.17. The standard InChI is InChI=1S/C51H96O5/c1-4-7-10-13-16-19-21-23-25-27-29-31-34-37-40-43-46-54-47-49(56-51(53)45-42-39-36-32-18-15-12-9-6-3)48-55-50(52)44-41-38-35-33-30-28-26-24-22-20-17-14-11-8-5-2/h23-26,49H,4-22,27-48H2,1-3H3/b25-23-,26-24-. The summed E-state index contributed by atoms with van der Waals surface area (Å²) >= 11 is 0. The van der Waals surface area contributed by atoms with Crippen LogP contribution in [-0.2, 0) is 23.8 Å². The Labute approximate surface area is 349 Å². The van der Waals surface area contributed by atoms with Gasteiger partial charge in [-0.2, -0.15) is 0 Å². The maximum Gasteiger partial charge on any atom is 0.306 e. The Balaban J connectivity index is 4.19. The number of allylic oxidation sites excluding steroid dienone is 4. The Morgan fingerprint density at radius 2 is 0.696 bits per heavy atom. The molecule has 0 aliphatic carbocycles. The molecule has 0 radical (unpaired) electrons. The molecule has 0 N–H and O–H groups in total. The average molecular weight is 789 g/mol. The number of ether oxygens (including phenoxy) is 3. The molecule has 5 heteroatoms. The van der Waals surface area contributed by atoms with Gasteiger partial charge in [-0.15, -0.1) is 0 Å². The Morgan fingerprint density at radius 3 is 1.09 bits per heavy atom. The quantitative estimate of drug-likeness (QED) is 0.0349. The molecule has 56 heavy (non-hydrogen) atoms. The van der Waals surface area contributed by atoms with Crippen LogP contribution >= 0.6 is 0 Å². The first-order valence-corrected chi connectivity index (χ1v) is 24.9. The zero-order valence-electron chi connectivity index (χ0n) is 37.9. The molecule has 0 amide bonds. The molecule has 0 aromatic carbocycles. The molecule has 0 rings (SSSR count). The van der Waals surface area contributed by atoms with Gasteiger partial charge in [0.2, 0.25) is 0 Å². The normalized spacial score (nSPS) is 12.3. The lowest BCUT2D eigenvalue weighted by Crippen LogP contribution is -2.30. The summed E-state index contributed by atoms with van der Waals surface area (Å²) in [4.78, 5) is 25.2. The third kappa shape index (κ3) is 45.1. The second-order valence-electron chi connectivity index (χ2n) is 16.7. The van der Waals surface area contributed by atoms with Gasteiger partial charge in [0.1, 0.15) is 6.61 Å². The molecular formula is C51H96O5. The van der Waals surface area contributed by atoms with E-state index in [1.54, 1.807) is 0 Å². The van der Waals surface area contributed by atoms with Crippen LogP contribution in [0, 0.1) is 0 Å². The molecule has 0 aromatic rings. The van der Waals surface area contributed by atoms with Crippen molar-refractivity contribution in [3.8, 4) is 0 Å². The highest BCUT2D eigenvalue weighted by atomic mass is 16.6. The highest BCUT2D eigenvalue weighted by molar-refractivity contribution is 5.70. The maximum absolute atomic E-state index is 12.7. The van der Waals surface area contributed by atoms with Crippen molar-refractivity contribution < 1.29 is 23.8 Å². The number of hydrogen-bond donors (Lipinski definition) is 0. The molecule has 0 aliphatic rings. The smallest absolute Gasteiger partial charge is 0.306 e. The number of hydrogen-bond acceptors (Lipinski definition) is 5. The van der Waals surface area contributed by atoms with E-state index in [0.717, 1.165) is 51.4 Å². The Hall–Kier alpha value is -1.62. The summed E-state index contributed by atoms with van der Waals surface area (Å²) in [6.07, 6.45) is 54.7. The van der Waals surface area contributed by atoms with Crippen LogP contribution in [0.25, 0.3) is 0 Å². The third-order valence-corrected chi connectivity index (χ3v) is 11.0. The van der Waals surface area contributed by atoms with E-state index in [4.69, 9.17) is 14.2 Å². The van der Waals surface area contributed by atoms with Crippen molar-refractivity contribution in [1.29, 1.82) is 0 Å². The average Bonchev–Trinajstić information content (AvgIpc) is 3.20. The first-order chi connectivity index (χ1) is 27.6. The second kappa shape index (κ2) is 47.8. The maximum atomic E-state index is 12.7. The van der Waals surface area contributed by atoms with Crippen molar-refractivity contribution in [2.75, 3.05) is 19.8 Å². The van der Waals surface area contributed by atoms with Crippen molar-refractivity contribution in [3.05, 3.63) is 24.3 Å². The van der Waals surface area contributed by atoms with Crippen LogP contribution in [0.5, 0.6) is 0 Å². The Bertz CT molecular complexity index is 851. The molecule has 0 spiro atoms. The SMILES string of the molecule is CCCCCCCC/C=C\CCCCCCCCOCC(COC(=O)CCCCCCC/C=C\CCCCCCCC)OC(=O)CCCCCCCCCCC. The molecule has 0 fully saturated rings. The number of carbonyl (C=O) groups excluding carboxylic acids is 2. The van der Waals surface area contributed by atoms with Crippen LogP contribution in [0.4, 0.5) is 0 Å². The summed E-state index contributed by atoms with van der Waals surface area (Å²) in [6.45, 7) is 7.82. The molecular weight excluding hydrogens is 693 g/mol. The summed E-state index contributed by atoms with van der Waals surface area (Å²) in [5.74, 6) is -0.400. The Kier molecular flexibility index (Phi) is 46.4. The van der Waals surface area contributed by atoms with E-state index in [1.165, 1.54) is 180 Å². The number of carbonyl (C=O) groups is 2. The molecule has 1 atom stereocenters. The molecule has 5 nitrogen and oxygen atoms in total. The van der Waals surface area contributed by atoms with E-state index in [2.05, 4.69) is 45.1 Å². The van der Waals surface area contributed by atoms with Gasteiger partial charge in [0, 0.05) is 19.4 Å². The lowest BCUT2D eigenvalue weighted by molar-refractivity contribution is -0.163. The lowest BCUT2D eigenvalue weighted by Gasteiger charge is -2.18. The van der Waals surface area contributed by atoms with Crippen molar-refractivity contribution in [3.63, 3.8) is 0 Å². The largest absolute Gasteiger partial charge is 0.462 e. The van der Waals surface area contributed by atoms with E-state index in [-0.39, 0.29) is 25.2 Å². The van der Waals surface area contributed by atoms with E-state index in [1.807, 2.05) is 0 Å². The van der Waals surface area contributed by atoms with Crippen LogP contribution in [0.2, 0.25) is 0 Å². The van der Waals surface area contributed by atoms with E-state index in [0.29, 0.717) is 19.4 Å². The molecule has 0 bridgehead atoms. The second-order valence-corrected chi connectivity index (χ2v) is 16.7. The summed E-state index contributed by atoms with van der Waals surface area (Å²) in [5, 5.41) is 0. The number of unbranched alkanes of at least 4 members (excludes halogenated alkanes) is 31. The van der Waals surface area contributed by atoms with Gasteiger partial charge in [0.05, 0.1) is 6.61 Å². The van der Waals surface area contributed by atoms with Gasteiger partial charge in [0.25, 0.3) is 0 Å². The predicted octanol–water partition coefficient (Wildman–Crippen LogP) is 16.5.